The maximum Gasteiger partial charge on any atom is 0.377 e. The van der Waals surface area contributed by atoms with Crippen LogP contribution in [0.3, 0.4) is 0 Å². The Morgan fingerprint density at radius 3 is 1.89 bits per heavy atom. The van der Waals surface area contributed by atoms with Crippen molar-refractivity contribution < 1.29 is 47.8 Å². The van der Waals surface area contributed by atoms with Crippen LogP contribution in [0.15, 0.2) is 0 Å². The standard InChI is InChI=1S/C16H20N2O10/c1-9(19)26-13(15(23)17-5-7-25-8-6-17)14(27-10(2)20)16(24)28-18-11(21)3-4-12(18)22/h13-14H,3-8H2,1-2H3/t13-,14-/m1/s1. The predicted molar refractivity (Wildman–Crippen MR) is 85.7 cm³/mol. The number of esters is 2. The maximum atomic E-state index is 12.8. The molecule has 0 radical (unpaired) electrons. The van der Waals surface area contributed by atoms with E-state index in [9.17, 15) is 28.8 Å². The summed E-state index contributed by atoms with van der Waals surface area (Å²) < 4.78 is 14.9. The summed E-state index contributed by atoms with van der Waals surface area (Å²) in [5, 5.41) is 0.239. The molecule has 0 bridgehead atoms. The molecule has 2 rings (SSSR count). The summed E-state index contributed by atoms with van der Waals surface area (Å²) in [5.74, 6) is -5.60. The maximum absolute atomic E-state index is 12.8. The molecule has 2 atom stereocenters. The van der Waals surface area contributed by atoms with Gasteiger partial charge in [0, 0.05) is 39.8 Å². The molecule has 0 spiro atoms. The molecule has 0 aromatic carbocycles. The van der Waals surface area contributed by atoms with Gasteiger partial charge in [-0.2, -0.15) is 0 Å². The molecule has 0 aromatic rings. The topological polar surface area (TPSA) is 146 Å². The van der Waals surface area contributed by atoms with Crippen LogP contribution in [0.1, 0.15) is 26.7 Å². The first kappa shape index (κ1) is 21.3. The van der Waals surface area contributed by atoms with Crippen LogP contribution in [-0.4, -0.2) is 84.1 Å². The highest BCUT2D eigenvalue weighted by Gasteiger charge is 2.45. The van der Waals surface area contributed by atoms with Crippen molar-refractivity contribution in [3.63, 3.8) is 0 Å². The molecule has 0 unspecified atom stereocenters. The van der Waals surface area contributed by atoms with E-state index >= 15 is 0 Å². The Hall–Kier alpha value is -3.02. The molecule has 154 valence electrons. The second-order valence-corrected chi connectivity index (χ2v) is 5.99. The molecular formula is C16H20N2O10. The Morgan fingerprint density at radius 2 is 1.39 bits per heavy atom. The van der Waals surface area contributed by atoms with Crippen LogP contribution in [0.25, 0.3) is 0 Å². The summed E-state index contributed by atoms with van der Waals surface area (Å²) in [6.07, 6.45) is -4.15. The van der Waals surface area contributed by atoms with Crippen molar-refractivity contribution in [1.29, 1.82) is 0 Å². The second kappa shape index (κ2) is 9.26. The fourth-order valence-corrected chi connectivity index (χ4v) is 2.60. The molecule has 2 fully saturated rings. The van der Waals surface area contributed by atoms with Gasteiger partial charge in [0.05, 0.1) is 13.2 Å². The van der Waals surface area contributed by atoms with Gasteiger partial charge < -0.3 is 23.9 Å². The summed E-state index contributed by atoms with van der Waals surface area (Å²) in [6.45, 7) is 2.78. The second-order valence-electron chi connectivity index (χ2n) is 5.99. The van der Waals surface area contributed by atoms with Crippen LogP contribution in [-0.2, 0) is 47.8 Å². The van der Waals surface area contributed by atoms with E-state index < -0.39 is 47.8 Å². The Morgan fingerprint density at radius 1 is 0.893 bits per heavy atom. The molecular weight excluding hydrogens is 380 g/mol. The Labute approximate surface area is 159 Å². The molecule has 0 N–H and O–H groups in total. The van der Waals surface area contributed by atoms with E-state index in [1.165, 1.54) is 4.90 Å². The first-order chi connectivity index (χ1) is 13.2. The number of ether oxygens (including phenoxy) is 3. The van der Waals surface area contributed by atoms with E-state index in [0.29, 0.717) is 0 Å². The van der Waals surface area contributed by atoms with Gasteiger partial charge >= 0.3 is 17.9 Å². The highest BCUT2D eigenvalue weighted by atomic mass is 16.7. The van der Waals surface area contributed by atoms with Crippen molar-refractivity contribution in [2.75, 3.05) is 26.3 Å². The van der Waals surface area contributed by atoms with Crippen molar-refractivity contribution in [3.05, 3.63) is 0 Å². The number of hydrogen-bond donors (Lipinski definition) is 0. The zero-order chi connectivity index (χ0) is 20.8. The van der Waals surface area contributed by atoms with E-state index in [1.54, 1.807) is 0 Å². The molecule has 12 heteroatoms. The molecule has 0 aromatic heterocycles. The zero-order valence-electron chi connectivity index (χ0n) is 15.4. The van der Waals surface area contributed by atoms with E-state index in [1.807, 2.05) is 0 Å². The number of nitrogens with zero attached hydrogens (tertiary/aromatic N) is 2. The Balaban J connectivity index is 2.25. The van der Waals surface area contributed by atoms with Gasteiger partial charge in [-0.05, 0) is 0 Å². The van der Waals surface area contributed by atoms with Crippen molar-refractivity contribution in [2.45, 2.75) is 38.9 Å². The van der Waals surface area contributed by atoms with E-state index in [-0.39, 0.29) is 44.2 Å². The largest absolute Gasteiger partial charge is 0.448 e. The van der Waals surface area contributed by atoms with Crippen molar-refractivity contribution in [2.24, 2.45) is 0 Å². The number of morpholine rings is 1. The lowest BCUT2D eigenvalue weighted by molar-refractivity contribution is -0.212. The predicted octanol–water partition coefficient (Wildman–Crippen LogP) is -1.68. The van der Waals surface area contributed by atoms with Gasteiger partial charge in [0.1, 0.15) is 0 Å². The van der Waals surface area contributed by atoms with Gasteiger partial charge in [-0.3, -0.25) is 24.0 Å². The van der Waals surface area contributed by atoms with Crippen LogP contribution in [0, 0.1) is 0 Å². The number of hydrogen-bond acceptors (Lipinski definition) is 10. The lowest BCUT2D eigenvalue weighted by Gasteiger charge is -2.32. The molecule has 28 heavy (non-hydrogen) atoms. The van der Waals surface area contributed by atoms with Gasteiger partial charge in [0.25, 0.3) is 17.7 Å². The van der Waals surface area contributed by atoms with Gasteiger partial charge in [-0.1, -0.05) is 0 Å². The number of imide groups is 1. The summed E-state index contributed by atoms with van der Waals surface area (Å²) in [5.41, 5.74) is 0. The SMILES string of the molecule is CC(=O)O[C@@H](C(=O)ON1C(=O)CCC1=O)[C@@H](OC(C)=O)C(=O)N1CCOCC1. The van der Waals surface area contributed by atoms with Gasteiger partial charge in [-0.15, -0.1) is 5.06 Å². The van der Waals surface area contributed by atoms with Gasteiger partial charge in [0.2, 0.25) is 12.2 Å². The molecule has 0 saturated carbocycles. The van der Waals surface area contributed by atoms with E-state index in [4.69, 9.17) is 19.0 Å². The average molecular weight is 400 g/mol. The minimum absolute atomic E-state index is 0.148. The van der Waals surface area contributed by atoms with Gasteiger partial charge in [0.15, 0.2) is 0 Å². The number of amides is 3. The lowest BCUT2D eigenvalue weighted by atomic mass is 10.1. The van der Waals surface area contributed by atoms with Crippen LogP contribution < -0.4 is 0 Å². The summed E-state index contributed by atoms with van der Waals surface area (Å²) >= 11 is 0. The summed E-state index contributed by atoms with van der Waals surface area (Å²) in [4.78, 5) is 77.5. The molecule has 12 nitrogen and oxygen atoms in total. The van der Waals surface area contributed by atoms with Crippen molar-refractivity contribution in [3.8, 4) is 0 Å². The number of hydroxylamine groups is 2. The minimum Gasteiger partial charge on any atom is -0.448 e. The van der Waals surface area contributed by atoms with Crippen molar-refractivity contribution in [1.82, 2.24) is 9.96 Å². The molecule has 2 heterocycles. The normalized spacial score (nSPS) is 19.1. The Bertz CT molecular complexity index is 669. The average Bonchev–Trinajstić information content (AvgIpc) is 2.96. The number of rotatable bonds is 6. The Kier molecular flexibility index (Phi) is 7.04. The smallest absolute Gasteiger partial charge is 0.377 e. The molecule has 2 aliphatic rings. The lowest BCUT2D eigenvalue weighted by Crippen LogP contribution is -2.54. The molecule has 3 amide bonds. The molecule has 2 saturated heterocycles. The number of carbonyl (C=O) groups excluding carboxylic acids is 6. The first-order valence-electron chi connectivity index (χ1n) is 8.49. The summed E-state index contributed by atoms with van der Waals surface area (Å²) in [6, 6.07) is 0. The van der Waals surface area contributed by atoms with Crippen LogP contribution >= 0.6 is 0 Å². The minimum atomic E-state index is -2.00. The monoisotopic (exact) mass is 400 g/mol. The van der Waals surface area contributed by atoms with Crippen molar-refractivity contribution >= 4 is 35.6 Å². The van der Waals surface area contributed by atoms with Gasteiger partial charge in [-0.25, -0.2) is 4.79 Å². The number of carbonyl (C=O) groups is 6. The third kappa shape index (κ3) is 5.25. The fraction of sp³-hybridized carbons (Fsp3) is 0.625. The third-order valence-corrected chi connectivity index (χ3v) is 3.85. The quantitative estimate of drug-likeness (QED) is 0.374. The fourth-order valence-electron chi connectivity index (χ4n) is 2.60. The molecule has 2 aliphatic heterocycles. The summed E-state index contributed by atoms with van der Waals surface area (Å²) in [7, 11) is 0. The van der Waals surface area contributed by atoms with Crippen LogP contribution in [0.5, 0.6) is 0 Å². The van der Waals surface area contributed by atoms with E-state index in [2.05, 4.69) is 0 Å². The zero-order valence-corrected chi connectivity index (χ0v) is 15.4. The highest BCUT2D eigenvalue weighted by Crippen LogP contribution is 2.17. The first-order valence-corrected chi connectivity index (χ1v) is 8.49. The highest BCUT2D eigenvalue weighted by molar-refractivity contribution is 6.02. The van der Waals surface area contributed by atoms with Crippen LogP contribution in [0.2, 0.25) is 0 Å². The van der Waals surface area contributed by atoms with E-state index in [0.717, 1.165) is 13.8 Å². The third-order valence-electron chi connectivity index (χ3n) is 3.85. The molecule has 0 aliphatic carbocycles. The van der Waals surface area contributed by atoms with Crippen LogP contribution in [0.4, 0.5) is 0 Å².